The molecule has 3 heteroatoms. The maximum absolute atomic E-state index is 5.79. The maximum Gasteiger partial charge on any atom is 0.102 e. The molecule has 0 saturated carbocycles. The predicted molar refractivity (Wildman–Crippen MR) is 65.7 cm³/mol. The summed E-state index contributed by atoms with van der Waals surface area (Å²) in [7, 11) is 0. The molecule has 82 valence electrons. The van der Waals surface area contributed by atoms with Crippen LogP contribution in [0.2, 0.25) is 0 Å². The summed E-state index contributed by atoms with van der Waals surface area (Å²) >= 11 is 0. The lowest BCUT2D eigenvalue weighted by molar-refractivity contribution is 0.181. The van der Waals surface area contributed by atoms with Gasteiger partial charge in [0.05, 0.1) is 5.69 Å². The molecule has 3 nitrogen and oxygen atoms in total. The van der Waals surface area contributed by atoms with E-state index in [1.807, 2.05) is 54.6 Å². The largest absolute Gasteiger partial charge is 0.398 e. The molecule has 0 amide bonds. The third-order valence-corrected chi connectivity index (χ3v) is 2.25. The fourth-order valence-electron chi connectivity index (χ4n) is 1.37. The Labute approximate surface area is 94.8 Å². The van der Waals surface area contributed by atoms with Crippen molar-refractivity contribution in [2.75, 3.05) is 11.2 Å². The first-order valence-electron chi connectivity index (χ1n) is 5.12. The second-order valence-corrected chi connectivity index (χ2v) is 3.46. The summed E-state index contributed by atoms with van der Waals surface area (Å²) in [5.74, 6) is 0. The average Bonchev–Trinajstić information content (AvgIpc) is 2.33. The summed E-state index contributed by atoms with van der Waals surface area (Å²) in [6.07, 6.45) is 0. The number of nitrogens with two attached hydrogens (primary N) is 1. The van der Waals surface area contributed by atoms with Crippen molar-refractivity contribution in [2.24, 2.45) is 0 Å². The lowest BCUT2D eigenvalue weighted by atomic mass is 10.2. The van der Waals surface area contributed by atoms with Crippen molar-refractivity contribution in [2.45, 2.75) is 6.61 Å². The predicted octanol–water partition coefficient (Wildman–Crippen LogP) is 2.81. The Balaban J connectivity index is 1.87. The first-order chi connectivity index (χ1) is 7.86. The maximum atomic E-state index is 5.79. The van der Waals surface area contributed by atoms with Crippen LogP contribution in [0, 0.1) is 0 Å². The highest BCUT2D eigenvalue weighted by molar-refractivity contribution is 5.46. The first kappa shape index (κ1) is 10.5. The zero-order chi connectivity index (χ0) is 11.2. The molecule has 16 heavy (non-hydrogen) atoms. The molecule has 2 aromatic carbocycles. The Morgan fingerprint density at radius 2 is 1.62 bits per heavy atom. The van der Waals surface area contributed by atoms with E-state index in [1.165, 1.54) is 0 Å². The van der Waals surface area contributed by atoms with Crippen molar-refractivity contribution in [3.8, 4) is 0 Å². The Bertz CT molecular complexity index is 443. The first-order valence-corrected chi connectivity index (χ1v) is 5.12. The van der Waals surface area contributed by atoms with E-state index in [0.717, 1.165) is 16.9 Å². The molecule has 0 saturated heterocycles. The van der Waals surface area contributed by atoms with E-state index in [4.69, 9.17) is 10.6 Å². The molecule has 0 aliphatic rings. The number of nitrogen functional groups attached to an aromatic ring is 1. The molecule has 0 aliphatic heterocycles. The van der Waals surface area contributed by atoms with Gasteiger partial charge in [0.1, 0.15) is 6.61 Å². The second kappa shape index (κ2) is 5.19. The summed E-state index contributed by atoms with van der Waals surface area (Å²) in [5, 5.41) is 0. The number of nitrogens with one attached hydrogen (secondary N) is 1. The second-order valence-electron chi connectivity index (χ2n) is 3.46. The van der Waals surface area contributed by atoms with E-state index in [9.17, 15) is 0 Å². The SMILES string of the molecule is Nc1ccccc1CONc1ccccc1. The average molecular weight is 214 g/mol. The molecule has 0 atom stereocenters. The van der Waals surface area contributed by atoms with Gasteiger partial charge in [-0.3, -0.25) is 10.3 Å². The molecule has 0 unspecified atom stereocenters. The highest BCUT2D eigenvalue weighted by atomic mass is 16.6. The van der Waals surface area contributed by atoms with Crippen molar-refractivity contribution >= 4 is 11.4 Å². The van der Waals surface area contributed by atoms with Crippen molar-refractivity contribution < 1.29 is 4.84 Å². The topological polar surface area (TPSA) is 47.3 Å². The van der Waals surface area contributed by atoms with Gasteiger partial charge in [0.2, 0.25) is 0 Å². The molecule has 3 N–H and O–H groups in total. The number of benzene rings is 2. The van der Waals surface area contributed by atoms with Gasteiger partial charge in [-0.15, -0.1) is 0 Å². The number of hydrogen-bond donors (Lipinski definition) is 2. The standard InChI is InChI=1S/C13H14N2O/c14-13-9-5-4-6-11(13)10-16-15-12-7-2-1-3-8-12/h1-9,15H,10,14H2. The number of para-hydroxylation sites is 2. The molecule has 0 aromatic heterocycles. The minimum Gasteiger partial charge on any atom is -0.398 e. The van der Waals surface area contributed by atoms with E-state index in [1.54, 1.807) is 0 Å². The Morgan fingerprint density at radius 1 is 0.938 bits per heavy atom. The van der Waals surface area contributed by atoms with Crippen LogP contribution >= 0.6 is 0 Å². The third-order valence-electron chi connectivity index (χ3n) is 2.25. The van der Waals surface area contributed by atoms with Gasteiger partial charge in [0.15, 0.2) is 0 Å². The number of hydrogen-bond acceptors (Lipinski definition) is 3. The van der Waals surface area contributed by atoms with Crippen LogP contribution in [0.4, 0.5) is 11.4 Å². The van der Waals surface area contributed by atoms with Gasteiger partial charge in [-0.2, -0.15) is 0 Å². The fraction of sp³-hybridized carbons (Fsp3) is 0.0769. The number of anilines is 2. The van der Waals surface area contributed by atoms with Crippen LogP contribution in [0.1, 0.15) is 5.56 Å². The Kier molecular flexibility index (Phi) is 3.41. The van der Waals surface area contributed by atoms with Gasteiger partial charge >= 0.3 is 0 Å². The van der Waals surface area contributed by atoms with Gasteiger partial charge < -0.3 is 5.73 Å². The van der Waals surface area contributed by atoms with Crippen molar-refractivity contribution in [3.05, 3.63) is 60.2 Å². The smallest absolute Gasteiger partial charge is 0.102 e. The van der Waals surface area contributed by atoms with E-state index in [0.29, 0.717) is 6.61 Å². The van der Waals surface area contributed by atoms with Gasteiger partial charge in [-0.25, -0.2) is 0 Å². The zero-order valence-corrected chi connectivity index (χ0v) is 8.89. The lowest BCUT2D eigenvalue weighted by Crippen LogP contribution is -2.03. The van der Waals surface area contributed by atoms with Crippen LogP contribution in [-0.2, 0) is 11.4 Å². The highest BCUT2D eigenvalue weighted by Gasteiger charge is 1.97. The summed E-state index contributed by atoms with van der Waals surface area (Å²) in [4.78, 5) is 5.36. The van der Waals surface area contributed by atoms with Crippen LogP contribution in [0.5, 0.6) is 0 Å². The minimum atomic E-state index is 0.446. The lowest BCUT2D eigenvalue weighted by Gasteiger charge is -2.08. The van der Waals surface area contributed by atoms with Crippen molar-refractivity contribution in [3.63, 3.8) is 0 Å². The highest BCUT2D eigenvalue weighted by Crippen LogP contribution is 2.12. The van der Waals surface area contributed by atoms with E-state index < -0.39 is 0 Å². The molecule has 0 aliphatic carbocycles. The van der Waals surface area contributed by atoms with Gasteiger partial charge in [-0.05, 0) is 18.2 Å². The monoisotopic (exact) mass is 214 g/mol. The van der Waals surface area contributed by atoms with Crippen LogP contribution < -0.4 is 11.2 Å². The molecular weight excluding hydrogens is 200 g/mol. The Morgan fingerprint density at radius 3 is 2.38 bits per heavy atom. The van der Waals surface area contributed by atoms with Crippen LogP contribution in [-0.4, -0.2) is 0 Å². The molecule has 0 heterocycles. The summed E-state index contributed by atoms with van der Waals surface area (Å²) in [5.41, 5.74) is 11.3. The molecule has 0 bridgehead atoms. The summed E-state index contributed by atoms with van der Waals surface area (Å²) < 4.78 is 0. The normalized spacial score (nSPS) is 10.0. The van der Waals surface area contributed by atoms with Gasteiger partial charge in [0.25, 0.3) is 0 Å². The van der Waals surface area contributed by atoms with E-state index >= 15 is 0 Å². The molecule has 0 radical (unpaired) electrons. The summed E-state index contributed by atoms with van der Waals surface area (Å²) in [6.45, 7) is 0.446. The van der Waals surface area contributed by atoms with E-state index in [2.05, 4.69) is 5.48 Å². The van der Waals surface area contributed by atoms with Crippen LogP contribution in [0.3, 0.4) is 0 Å². The minimum absolute atomic E-state index is 0.446. The van der Waals surface area contributed by atoms with Crippen molar-refractivity contribution in [1.82, 2.24) is 0 Å². The van der Waals surface area contributed by atoms with Crippen molar-refractivity contribution in [1.29, 1.82) is 0 Å². The molecular formula is C13H14N2O. The number of rotatable bonds is 4. The molecule has 0 spiro atoms. The van der Waals surface area contributed by atoms with Crippen LogP contribution in [0.25, 0.3) is 0 Å². The quantitative estimate of drug-likeness (QED) is 0.607. The van der Waals surface area contributed by atoms with Gasteiger partial charge in [0, 0.05) is 11.3 Å². The van der Waals surface area contributed by atoms with E-state index in [-0.39, 0.29) is 0 Å². The van der Waals surface area contributed by atoms with Crippen LogP contribution in [0.15, 0.2) is 54.6 Å². The fourth-order valence-corrected chi connectivity index (χ4v) is 1.37. The molecule has 2 rings (SSSR count). The Hall–Kier alpha value is -2.00. The third kappa shape index (κ3) is 2.74. The summed E-state index contributed by atoms with van der Waals surface area (Å²) in [6, 6.07) is 17.4. The molecule has 2 aromatic rings. The molecule has 0 fully saturated rings. The zero-order valence-electron chi connectivity index (χ0n) is 8.89. The van der Waals surface area contributed by atoms with Gasteiger partial charge in [-0.1, -0.05) is 36.4 Å².